The van der Waals surface area contributed by atoms with Crippen molar-refractivity contribution >= 4 is 5.84 Å². The van der Waals surface area contributed by atoms with Crippen LogP contribution in [0.5, 0.6) is 5.75 Å². The van der Waals surface area contributed by atoms with Crippen LogP contribution in [0.4, 0.5) is 0 Å². The van der Waals surface area contributed by atoms with E-state index in [0.29, 0.717) is 18.8 Å². The summed E-state index contributed by atoms with van der Waals surface area (Å²) in [5.74, 6) is 0.821. The number of benzene rings is 1. The molecule has 0 radical (unpaired) electrons. The standard InChI is InChI=1S/C14H21N3O3/c15-14(16)11-1-3-12(4-2-11)19-7-5-17-6-8-20-13(9-17)10-18/h1-4,13,18H,5-10H2,(H3,15,16). The fourth-order valence-electron chi connectivity index (χ4n) is 2.12. The number of aliphatic hydroxyl groups excluding tert-OH is 1. The second-order valence-electron chi connectivity index (χ2n) is 4.76. The zero-order valence-electron chi connectivity index (χ0n) is 11.4. The lowest BCUT2D eigenvalue weighted by Crippen LogP contribution is -2.45. The minimum Gasteiger partial charge on any atom is -0.492 e. The van der Waals surface area contributed by atoms with Gasteiger partial charge in [-0.2, -0.15) is 0 Å². The first kappa shape index (κ1) is 14.8. The van der Waals surface area contributed by atoms with E-state index in [0.717, 1.165) is 25.4 Å². The molecule has 0 bridgehead atoms. The summed E-state index contributed by atoms with van der Waals surface area (Å²) >= 11 is 0. The van der Waals surface area contributed by atoms with E-state index < -0.39 is 0 Å². The highest BCUT2D eigenvalue weighted by Gasteiger charge is 2.19. The largest absolute Gasteiger partial charge is 0.492 e. The SMILES string of the molecule is N=C(N)c1ccc(OCCN2CCOC(CO)C2)cc1. The lowest BCUT2D eigenvalue weighted by atomic mass is 10.2. The molecule has 0 amide bonds. The molecular weight excluding hydrogens is 258 g/mol. The van der Waals surface area contributed by atoms with Crippen molar-refractivity contribution in [2.24, 2.45) is 5.73 Å². The number of nitrogens with one attached hydrogen (secondary N) is 1. The van der Waals surface area contributed by atoms with Gasteiger partial charge in [0.1, 0.15) is 18.2 Å². The highest BCUT2D eigenvalue weighted by molar-refractivity contribution is 5.94. The Labute approximate surface area is 118 Å². The van der Waals surface area contributed by atoms with Crippen molar-refractivity contribution in [2.45, 2.75) is 6.10 Å². The average Bonchev–Trinajstić information content (AvgIpc) is 2.48. The monoisotopic (exact) mass is 279 g/mol. The molecule has 6 nitrogen and oxygen atoms in total. The Morgan fingerprint density at radius 3 is 2.85 bits per heavy atom. The fourth-order valence-corrected chi connectivity index (χ4v) is 2.12. The molecule has 0 aliphatic carbocycles. The third-order valence-electron chi connectivity index (χ3n) is 3.27. The minimum absolute atomic E-state index is 0.0555. The van der Waals surface area contributed by atoms with Crippen molar-refractivity contribution in [3.8, 4) is 5.75 Å². The van der Waals surface area contributed by atoms with Crippen LogP contribution in [0.3, 0.4) is 0 Å². The van der Waals surface area contributed by atoms with E-state index >= 15 is 0 Å². The molecule has 0 spiro atoms. The van der Waals surface area contributed by atoms with Crippen LogP contribution < -0.4 is 10.5 Å². The molecule has 1 aliphatic rings. The van der Waals surface area contributed by atoms with E-state index in [9.17, 15) is 0 Å². The van der Waals surface area contributed by atoms with Gasteiger partial charge in [0.2, 0.25) is 0 Å². The second-order valence-corrected chi connectivity index (χ2v) is 4.76. The fraction of sp³-hybridized carbons (Fsp3) is 0.500. The summed E-state index contributed by atoms with van der Waals surface area (Å²) in [5, 5.41) is 16.4. The summed E-state index contributed by atoms with van der Waals surface area (Å²) in [6, 6.07) is 7.17. The number of ether oxygens (including phenoxy) is 2. The van der Waals surface area contributed by atoms with Crippen LogP contribution in [0.1, 0.15) is 5.56 Å². The van der Waals surface area contributed by atoms with Gasteiger partial charge in [0.15, 0.2) is 0 Å². The molecule has 2 rings (SSSR count). The summed E-state index contributed by atoms with van der Waals surface area (Å²) in [5.41, 5.74) is 6.08. The van der Waals surface area contributed by atoms with E-state index in [4.69, 9.17) is 25.7 Å². The molecule has 1 aromatic rings. The van der Waals surface area contributed by atoms with Gasteiger partial charge in [-0.1, -0.05) is 0 Å². The number of hydrogen-bond acceptors (Lipinski definition) is 5. The third kappa shape index (κ3) is 4.19. The Kier molecular flexibility index (Phi) is 5.34. The zero-order chi connectivity index (χ0) is 14.4. The van der Waals surface area contributed by atoms with E-state index in [2.05, 4.69) is 4.90 Å². The molecule has 4 N–H and O–H groups in total. The predicted molar refractivity (Wildman–Crippen MR) is 76.2 cm³/mol. The molecule has 1 aromatic carbocycles. The molecule has 20 heavy (non-hydrogen) atoms. The van der Waals surface area contributed by atoms with Crippen molar-refractivity contribution in [1.82, 2.24) is 4.90 Å². The molecule has 1 aliphatic heterocycles. The topological polar surface area (TPSA) is 91.8 Å². The number of rotatable bonds is 6. The van der Waals surface area contributed by atoms with Crippen molar-refractivity contribution < 1.29 is 14.6 Å². The van der Waals surface area contributed by atoms with E-state index in [1.54, 1.807) is 12.1 Å². The van der Waals surface area contributed by atoms with Crippen molar-refractivity contribution in [3.63, 3.8) is 0 Å². The maximum Gasteiger partial charge on any atom is 0.122 e. The summed E-state index contributed by atoms with van der Waals surface area (Å²) in [6.07, 6.45) is -0.0846. The molecule has 0 aromatic heterocycles. The molecule has 0 saturated carbocycles. The number of nitrogens with two attached hydrogens (primary N) is 1. The maximum absolute atomic E-state index is 9.07. The highest BCUT2D eigenvalue weighted by Crippen LogP contribution is 2.12. The molecule has 1 saturated heterocycles. The van der Waals surface area contributed by atoms with Crippen LogP contribution in [-0.2, 0) is 4.74 Å². The Morgan fingerprint density at radius 1 is 1.45 bits per heavy atom. The van der Waals surface area contributed by atoms with Gasteiger partial charge in [-0.25, -0.2) is 0 Å². The van der Waals surface area contributed by atoms with Gasteiger partial charge in [0, 0.05) is 25.2 Å². The summed E-state index contributed by atoms with van der Waals surface area (Å²) in [6.45, 7) is 3.69. The molecule has 1 unspecified atom stereocenters. The van der Waals surface area contributed by atoms with Crippen LogP contribution in [0.2, 0.25) is 0 Å². The van der Waals surface area contributed by atoms with Gasteiger partial charge < -0.3 is 20.3 Å². The van der Waals surface area contributed by atoms with Gasteiger partial charge in [0.25, 0.3) is 0 Å². The Bertz CT molecular complexity index is 436. The average molecular weight is 279 g/mol. The number of nitrogen functional groups attached to an aromatic ring is 1. The molecule has 6 heteroatoms. The minimum atomic E-state index is -0.0846. The third-order valence-corrected chi connectivity index (χ3v) is 3.27. The number of hydrogen-bond donors (Lipinski definition) is 3. The first-order valence-electron chi connectivity index (χ1n) is 6.71. The molecular formula is C14H21N3O3. The van der Waals surface area contributed by atoms with Crippen LogP contribution >= 0.6 is 0 Å². The lowest BCUT2D eigenvalue weighted by molar-refractivity contribution is -0.0547. The lowest BCUT2D eigenvalue weighted by Gasteiger charge is -2.31. The zero-order valence-corrected chi connectivity index (χ0v) is 11.4. The van der Waals surface area contributed by atoms with Gasteiger partial charge in [-0.05, 0) is 24.3 Å². The summed E-state index contributed by atoms with van der Waals surface area (Å²) in [7, 11) is 0. The number of morpholine rings is 1. The van der Waals surface area contributed by atoms with Crippen molar-refractivity contribution in [3.05, 3.63) is 29.8 Å². The molecule has 1 heterocycles. The summed E-state index contributed by atoms with van der Waals surface area (Å²) < 4.78 is 11.0. The highest BCUT2D eigenvalue weighted by atomic mass is 16.5. The quantitative estimate of drug-likeness (QED) is 0.505. The first-order chi connectivity index (χ1) is 9.69. The molecule has 110 valence electrons. The maximum atomic E-state index is 9.07. The van der Waals surface area contributed by atoms with E-state index in [1.165, 1.54) is 0 Å². The van der Waals surface area contributed by atoms with Crippen LogP contribution in [0.15, 0.2) is 24.3 Å². The van der Waals surface area contributed by atoms with Crippen LogP contribution in [0.25, 0.3) is 0 Å². The van der Waals surface area contributed by atoms with Crippen LogP contribution in [-0.4, -0.2) is 61.4 Å². The van der Waals surface area contributed by atoms with Gasteiger partial charge in [-0.3, -0.25) is 10.3 Å². The number of nitrogens with zero attached hydrogens (tertiary/aromatic N) is 1. The van der Waals surface area contributed by atoms with Crippen molar-refractivity contribution in [2.75, 3.05) is 39.5 Å². The predicted octanol–water partition coefficient (Wildman–Crippen LogP) is 0.0426. The summed E-state index contributed by atoms with van der Waals surface area (Å²) in [4.78, 5) is 2.22. The van der Waals surface area contributed by atoms with Gasteiger partial charge in [-0.15, -0.1) is 0 Å². The molecule has 1 fully saturated rings. The Morgan fingerprint density at radius 2 is 2.20 bits per heavy atom. The Hall–Kier alpha value is -1.63. The smallest absolute Gasteiger partial charge is 0.122 e. The molecule has 1 atom stereocenters. The van der Waals surface area contributed by atoms with Crippen LogP contribution in [0, 0.1) is 5.41 Å². The first-order valence-corrected chi connectivity index (χ1v) is 6.71. The normalized spacial score (nSPS) is 19.8. The number of amidine groups is 1. The second kappa shape index (κ2) is 7.23. The van der Waals surface area contributed by atoms with Gasteiger partial charge >= 0.3 is 0 Å². The number of aliphatic hydroxyl groups is 1. The van der Waals surface area contributed by atoms with E-state index in [-0.39, 0.29) is 18.5 Å². The van der Waals surface area contributed by atoms with Gasteiger partial charge in [0.05, 0.1) is 19.3 Å². The van der Waals surface area contributed by atoms with E-state index in [1.807, 2.05) is 12.1 Å². The van der Waals surface area contributed by atoms with Crippen molar-refractivity contribution in [1.29, 1.82) is 5.41 Å². The Balaban J connectivity index is 1.74.